The van der Waals surface area contributed by atoms with Gasteiger partial charge in [0.05, 0.1) is 5.52 Å². The van der Waals surface area contributed by atoms with E-state index in [1.807, 2.05) is 30.3 Å². The molecule has 1 fully saturated rings. The topological polar surface area (TPSA) is 95.4 Å². The second kappa shape index (κ2) is 5.94. The first kappa shape index (κ1) is 15.2. The van der Waals surface area contributed by atoms with Crippen LogP contribution < -0.4 is 16.0 Å². The molecule has 0 spiro atoms. The molecule has 1 aliphatic rings. The number of hydrogen-bond acceptors (Lipinski definition) is 4. The zero-order valence-electron chi connectivity index (χ0n) is 13.2. The molecule has 2 amide bonds. The van der Waals surface area contributed by atoms with Crippen LogP contribution >= 0.6 is 0 Å². The third kappa shape index (κ3) is 2.80. The van der Waals surface area contributed by atoms with Gasteiger partial charge in [0.2, 0.25) is 11.8 Å². The Morgan fingerprint density at radius 3 is 2.76 bits per heavy atom. The van der Waals surface area contributed by atoms with E-state index >= 15 is 0 Å². The molecule has 1 aromatic heterocycles. The van der Waals surface area contributed by atoms with Crippen LogP contribution in [-0.2, 0) is 9.59 Å². The number of H-pyrrole nitrogens is 1. The van der Waals surface area contributed by atoms with Crippen molar-refractivity contribution in [1.82, 2.24) is 4.98 Å². The van der Waals surface area contributed by atoms with Gasteiger partial charge >= 0.3 is 5.76 Å². The number of aromatic amines is 1. The molecular weight excluding hydrogens is 322 g/mol. The van der Waals surface area contributed by atoms with Gasteiger partial charge in [-0.3, -0.25) is 19.5 Å². The molecule has 0 bridgehead atoms. The van der Waals surface area contributed by atoms with Crippen molar-refractivity contribution in [3.63, 3.8) is 0 Å². The maximum Gasteiger partial charge on any atom is 0.417 e. The number of rotatable bonds is 3. The number of para-hydroxylation sites is 1. The fraction of sp³-hybridized carbons (Fsp3) is 0.167. The molecule has 2 heterocycles. The summed E-state index contributed by atoms with van der Waals surface area (Å²) >= 11 is 0. The minimum atomic E-state index is -0.561. The fourth-order valence-electron chi connectivity index (χ4n) is 3.10. The van der Waals surface area contributed by atoms with Crippen molar-refractivity contribution >= 4 is 34.3 Å². The highest BCUT2D eigenvalue weighted by molar-refractivity contribution is 6.07. The average Bonchev–Trinajstić information content (AvgIpc) is 3.17. The number of nitrogens with one attached hydrogen (secondary N) is 2. The molecular formula is C18H15N3O4. The van der Waals surface area contributed by atoms with Gasteiger partial charge < -0.3 is 9.73 Å². The number of hydrogen-bond donors (Lipinski definition) is 2. The van der Waals surface area contributed by atoms with Crippen molar-refractivity contribution in [1.29, 1.82) is 0 Å². The number of anilines is 2. The van der Waals surface area contributed by atoms with E-state index < -0.39 is 11.8 Å². The van der Waals surface area contributed by atoms with Crippen LogP contribution in [0.15, 0.2) is 57.7 Å². The predicted molar refractivity (Wildman–Crippen MR) is 92.4 cm³/mol. The summed E-state index contributed by atoms with van der Waals surface area (Å²) in [4.78, 5) is 40.2. The summed E-state index contributed by atoms with van der Waals surface area (Å²) in [6.45, 7) is 0. The highest BCUT2D eigenvalue weighted by Gasteiger charge is 2.37. The molecule has 4 rings (SSSR count). The molecule has 2 aromatic carbocycles. The van der Waals surface area contributed by atoms with Crippen molar-refractivity contribution < 1.29 is 14.0 Å². The Kier molecular flexibility index (Phi) is 3.61. The highest BCUT2D eigenvalue weighted by atomic mass is 16.4. The molecule has 3 aromatic rings. The van der Waals surface area contributed by atoms with Gasteiger partial charge in [0, 0.05) is 17.8 Å². The number of fused-ring (bicyclic) bond motifs is 1. The lowest BCUT2D eigenvalue weighted by molar-refractivity contribution is -0.120. The average molecular weight is 337 g/mol. The normalized spacial score (nSPS) is 17.2. The molecule has 0 radical (unpaired) electrons. The molecule has 2 N–H and O–H groups in total. The Morgan fingerprint density at radius 2 is 1.96 bits per heavy atom. The fourth-order valence-corrected chi connectivity index (χ4v) is 3.10. The zero-order chi connectivity index (χ0) is 17.4. The highest BCUT2D eigenvalue weighted by Crippen LogP contribution is 2.27. The molecule has 1 saturated heterocycles. The van der Waals surface area contributed by atoms with E-state index in [4.69, 9.17) is 4.42 Å². The number of carbonyl (C=O) groups is 2. The van der Waals surface area contributed by atoms with Crippen LogP contribution in [0.1, 0.15) is 12.8 Å². The van der Waals surface area contributed by atoms with Crippen LogP contribution in [0.5, 0.6) is 0 Å². The number of oxazole rings is 1. The van der Waals surface area contributed by atoms with Gasteiger partial charge in [-0.05, 0) is 36.8 Å². The van der Waals surface area contributed by atoms with Gasteiger partial charge in [0.25, 0.3) is 0 Å². The summed E-state index contributed by atoms with van der Waals surface area (Å²) in [5.41, 5.74) is 2.16. The molecule has 1 aliphatic heterocycles. The van der Waals surface area contributed by atoms with Crippen molar-refractivity contribution in [3.05, 3.63) is 59.1 Å². The summed E-state index contributed by atoms with van der Waals surface area (Å²) in [6, 6.07) is 13.5. The van der Waals surface area contributed by atoms with Crippen LogP contribution in [0, 0.1) is 0 Å². The van der Waals surface area contributed by atoms with Crippen molar-refractivity contribution in [2.24, 2.45) is 0 Å². The van der Waals surface area contributed by atoms with Crippen LogP contribution in [0.25, 0.3) is 11.1 Å². The van der Waals surface area contributed by atoms with Gasteiger partial charge in [-0.15, -0.1) is 0 Å². The van der Waals surface area contributed by atoms with Crippen molar-refractivity contribution in [2.75, 3.05) is 10.2 Å². The van der Waals surface area contributed by atoms with Crippen LogP contribution in [0.2, 0.25) is 0 Å². The first-order chi connectivity index (χ1) is 12.1. The maximum atomic E-state index is 12.7. The predicted octanol–water partition coefficient (Wildman–Crippen LogP) is 2.26. The lowest BCUT2D eigenvalue weighted by Crippen LogP contribution is -2.41. The smallest absolute Gasteiger partial charge is 0.408 e. The molecule has 126 valence electrons. The summed E-state index contributed by atoms with van der Waals surface area (Å²) in [5.74, 6) is -0.879. The molecule has 25 heavy (non-hydrogen) atoms. The number of amides is 2. The molecule has 1 atom stereocenters. The second-order valence-corrected chi connectivity index (χ2v) is 5.87. The number of nitrogens with zero attached hydrogens (tertiary/aromatic N) is 1. The van der Waals surface area contributed by atoms with Crippen LogP contribution in [-0.4, -0.2) is 22.8 Å². The largest absolute Gasteiger partial charge is 0.417 e. The number of carbonyl (C=O) groups excluding carboxylic acids is 2. The van der Waals surface area contributed by atoms with E-state index in [1.54, 1.807) is 18.2 Å². The first-order valence-electron chi connectivity index (χ1n) is 7.93. The Bertz CT molecular complexity index is 1010. The molecule has 7 nitrogen and oxygen atoms in total. The van der Waals surface area contributed by atoms with Crippen LogP contribution in [0.3, 0.4) is 0 Å². The third-order valence-electron chi connectivity index (χ3n) is 4.24. The molecule has 1 unspecified atom stereocenters. The standard InChI is InChI=1S/C18H15N3O4/c22-16-9-7-14(21(16)12-4-2-1-3-5-12)17(23)19-11-6-8-15-13(10-11)20-18(24)25-15/h1-6,8,10,14H,7,9H2,(H,19,23)(H,20,24). The van der Waals surface area contributed by atoms with Crippen molar-refractivity contribution in [3.8, 4) is 0 Å². The third-order valence-corrected chi connectivity index (χ3v) is 4.24. The van der Waals surface area contributed by atoms with E-state index in [0.717, 1.165) is 0 Å². The second-order valence-electron chi connectivity index (χ2n) is 5.87. The lowest BCUT2D eigenvalue weighted by atomic mass is 10.2. The summed E-state index contributed by atoms with van der Waals surface area (Å²) in [6.07, 6.45) is 0.797. The molecule has 0 aliphatic carbocycles. The van der Waals surface area contributed by atoms with E-state index in [1.165, 1.54) is 4.90 Å². The zero-order valence-corrected chi connectivity index (χ0v) is 13.2. The summed E-state index contributed by atoms with van der Waals surface area (Å²) in [5, 5.41) is 2.81. The lowest BCUT2D eigenvalue weighted by Gasteiger charge is -2.24. The van der Waals surface area contributed by atoms with Crippen LogP contribution in [0.4, 0.5) is 11.4 Å². The number of benzene rings is 2. The Balaban J connectivity index is 1.58. The number of aromatic nitrogens is 1. The minimum absolute atomic E-state index is 0.0685. The SMILES string of the molecule is O=C(Nc1ccc2oc(=O)[nH]c2c1)C1CCC(=O)N1c1ccccc1. The quantitative estimate of drug-likeness (QED) is 0.766. The maximum absolute atomic E-state index is 12.7. The van der Waals surface area contributed by atoms with E-state index in [9.17, 15) is 14.4 Å². The Hall–Kier alpha value is -3.35. The first-order valence-corrected chi connectivity index (χ1v) is 7.93. The van der Waals surface area contributed by atoms with Gasteiger partial charge in [-0.2, -0.15) is 0 Å². The minimum Gasteiger partial charge on any atom is -0.408 e. The Morgan fingerprint density at radius 1 is 1.16 bits per heavy atom. The van der Waals surface area contributed by atoms with Crippen molar-refractivity contribution in [2.45, 2.75) is 18.9 Å². The molecule has 0 saturated carbocycles. The van der Waals surface area contributed by atoms with Gasteiger partial charge in [-0.25, -0.2) is 4.79 Å². The monoisotopic (exact) mass is 337 g/mol. The van der Waals surface area contributed by atoms with E-state index in [0.29, 0.717) is 35.3 Å². The Labute approximate surface area is 142 Å². The van der Waals surface area contributed by atoms with E-state index in [2.05, 4.69) is 10.3 Å². The van der Waals surface area contributed by atoms with Gasteiger partial charge in [0.15, 0.2) is 5.58 Å². The van der Waals surface area contributed by atoms with Gasteiger partial charge in [-0.1, -0.05) is 18.2 Å². The van der Waals surface area contributed by atoms with Gasteiger partial charge in [0.1, 0.15) is 6.04 Å². The van der Waals surface area contributed by atoms with E-state index in [-0.39, 0.29) is 11.8 Å². The summed E-state index contributed by atoms with van der Waals surface area (Å²) < 4.78 is 4.94. The summed E-state index contributed by atoms with van der Waals surface area (Å²) in [7, 11) is 0. The molecule has 7 heteroatoms.